The van der Waals surface area contributed by atoms with Crippen LogP contribution in [0.25, 0.3) is 0 Å². The molecule has 0 spiro atoms. The molecule has 0 saturated carbocycles. The lowest BCUT2D eigenvalue weighted by molar-refractivity contribution is 0.381. The van der Waals surface area contributed by atoms with Crippen LogP contribution in [0.4, 0.5) is 0 Å². The summed E-state index contributed by atoms with van der Waals surface area (Å²) in [6, 6.07) is 0. The fourth-order valence-corrected chi connectivity index (χ4v) is 0. The van der Waals surface area contributed by atoms with Gasteiger partial charge in [0, 0.05) is 0 Å². The molecule has 0 bridgehead atoms. The zero-order chi connectivity index (χ0) is 6.50. The minimum absolute atomic E-state index is 2.83. The molecule has 0 aliphatic carbocycles. The molecular weight excluding hydrogens is 144 g/mol. The third-order valence-electron chi connectivity index (χ3n) is 0. The van der Waals surface area contributed by atoms with Gasteiger partial charge in [0.2, 0.25) is 0 Å². The van der Waals surface area contributed by atoms with E-state index in [1.165, 1.54) is 0 Å². The molecule has 7 heteroatoms. The van der Waals surface area contributed by atoms with Crippen molar-refractivity contribution < 1.29 is 21.7 Å². The highest BCUT2D eigenvalue weighted by Crippen LogP contribution is 1.59. The quantitative estimate of drug-likeness (QED) is 0.426. The molecule has 5 nitrogen and oxygen atoms in total. The van der Waals surface area contributed by atoms with Crippen molar-refractivity contribution in [3.05, 3.63) is 0 Å². The van der Waals surface area contributed by atoms with E-state index >= 15 is 0 Å². The smallest absolute Gasteiger partial charge is 0.264 e. The highest BCUT2D eigenvalue weighted by Gasteiger charge is 1.84. The SMILES string of the molecule is O=S.O=S(=O)(O)O. The second-order valence-electron chi connectivity index (χ2n) is 0.448. The fraction of sp³-hybridized carbons (Fsp3) is 0. The van der Waals surface area contributed by atoms with E-state index in [4.69, 9.17) is 21.7 Å². The maximum absolute atomic E-state index is 8.74. The molecule has 0 saturated heterocycles. The average Bonchev–Trinajstić information content (AvgIpc) is 1.36. The van der Waals surface area contributed by atoms with Crippen LogP contribution in [-0.4, -0.2) is 21.7 Å². The van der Waals surface area contributed by atoms with Gasteiger partial charge < -0.3 is 0 Å². The molecule has 2 N–H and O–H groups in total. The lowest BCUT2D eigenvalue weighted by atomic mass is 15.8. The zero-order valence-electron chi connectivity index (χ0n) is 2.94. The number of rotatable bonds is 0. The highest BCUT2D eigenvalue weighted by atomic mass is 32.3. The van der Waals surface area contributed by atoms with Gasteiger partial charge in [0.1, 0.15) is 0 Å². The summed E-state index contributed by atoms with van der Waals surface area (Å²) in [5, 5.41) is 0. The first-order valence-electron chi connectivity index (χ1n) is 0.865. The molecule has 44 valence electrons. The molecule has 0 unspecified atom stereocenters. The van der Waals surface area contributed by atoms with Gasteiger partial charge in [-0.2, -0.15) is 12.6 Å². The minimum Gasteiger partial charge on any atom is -0.264 e. The Kier molecular flexibility index (Phi) is 5.80. The van der Waals surface area contributed by atoms with Crippen LogP contribution in [0.1, 0.15) is 0 Å². The van der Waals surface area contributed by atoms with E-state index in [0.29, 0.717) is 0 Å². The Morgan fingerprint density at radius 3 is 1.14 bits per heavy atom. The standard InChI is InChI=1S/H2O4S.OS/c1-5(2,3)4;1-2/h(H2,1,2,3,4);. The molecule has 0 heterocycles. The number of hydrogen-bond donors (Lipinski definition) is 2. The van der Waals surface area contributed by atoms with Gasteiger partial charge in [-0.25, -0.2) is 0 Å². The first-order valence-corrected chi connectivity index (χ1v) is 2.60. The van der Waals surface area contributed by atoms with Crippen molar-refractivity contribution >= 4 is 22.9 Å². The van der Waals surface area contributed by atoms with Crippen molar-refractivity contribution in [1.82, 2.24) is 0 Å². The van der Waals surface area contributed by atoms with Crippen molar-refractivity contribution in [3.63, 3.8) is 0 Å². The topological polar surface area (TPSA) is 91.7 Å². The average molecular weight is 146 g/mol. The molecule has 0 aromatic heterocycles. The van der Waals surface area contributed by atoms with Crippen LogP contribution in [0.5, 0.6) is 0 Å². The van der Waals surface area contributed by atoms with E-state index < -0.39 is 10.4 Å². The molecule has 0 aromatic rings. The molecule has 7 heavy (non-hydrogen) atoms. The van der Waals surface area contributed by atoms with Crippen LogP contribution in [-0.2, 0) is 22.9 Å². The van der Waals surface area contributed by atoms with Crippen molar-refractivity contribution in [1.29, 1.82) is 0 Å². The molecule has 0 aliphatic rings. The van der Waals surface area contributed by atoms with Gasteiger partial charge >= 0.3 is 10.4 Å². The monoisotopic (exact) mass is 146 g/mol. The van der Waals surface area contributed by atoms with Crippen LogP contribution < -0.4 is 0 Å². The highest BCUT2D eigenvalue weighted by molar-refractivity contribution is 7.79. The van der Waals surface area contributed by atoms with Gasteiger partial charge in [-0.1, -0.05) is 0 Å². The maximum atomic E-state index is 8.74. The summed E-state index contributed by atoms with van der Waals surface area (Å²) in [6.45, 7) is 0. The van der Waals surface area contributed by atoms with Crippen molar-refractivity contribution in [2.75, 3.05) is 0 Å². The minimum atomic E-state index is -4.67. The first-order chi connectivity index (χ1) is 3.00. The molecule has 0 aliphatic heterocycles. The van der Waals surface area contributed by atoms with Crippen LogP contribution >= 0.6 is 0 Å². The summed E-state index contributed by atoms with van der Waals surface area (Å²) >= 11 is 2.83. The largest absolute Gasteiger partial charge is 0.394 e. The summed E-state index contributed by atoms with van der Waals surface area (Å²) in [5.41, 5.74) is 0. The molecule has 0 rings (SSSR count). The van der Waals surface area contributed by atoms with Crippen LogP contribution in [0.2, 0.25) is 0 Å². The van der Waals surface area contributed by atoms with E-state index in [-0.39, 0.29) is 0 Å². The van der Waals surface area contributed by atoms with E-state index in [1.807, 2.05) is 0 Å². The van der Waals surface area contributed by atoms with Gasteiger partial charge in [-0.15, -0.1) is 0 Å². The third kappa shape index (κ3) is 7370. The Labute approximate surface area is 45.5 Å². The third-order valence-corrected chi connectivity index (χ3v) is 0. The van der Waals surface area contributed by atoms with Gasteiger partial charge in [0.15, 0.2) is 12.5 Å². The van der Waals surface area contributed by atoms with Crippen LogP contribution in [0.15, 0.2) is 0 Å². The Morgan fingerprint density at radius 1 is 1.14 bits per heavy atom. The molecule has 0 radical (unpaired) electrons. The van der Waals surface area contributed by atoms with Crippen molar-refractivity contribution in [2.45, 2.75) is 0 Å². The summed E-state index contributed by atoms with van der Waals surface area (Å²) in [7, 11) is -4.67. The number of hydrogen-bond acceptors (Lipinski definition) is 4. The van der Waals surface area contributed by atoms with E-state index in [1.54, 1.807) is 0 Å². The Balaban J connectivity index is 0. The van der Waals surface area contributed by atoms with Crippen molar-refractivity contribution in [2.24, 2.45) is 0 Å². The predicted molar refractivity (Wildman–Crippen MR) is 22.3 cm³/mol. The molecular formula is H2O5S2. The molecule has 0 aromatic carbocycles. The Morgan fingerprint density at radius 2 is 1.14 bits per heavy atom. The van der Waals surface area contributed by atoms with E-state index in [9.17, 15) is 0 Å². The fourth-order valence-electron chi connectivity index (χ4n) is 0. The maximum Gasteiger partial charge on any atom is 0.394 e. The summed E-state index contributed by atoms with van der Waals surface area (Å²) in [5.74, 6) is 0. The molecule has 0 atom stereocenters. The van der Waals surface area contributed by atoms with Gasteiger partial charge in [-0.3, -0.25) is 9.11 Å². The van der Waals surface area contributed by atoms with Crippen molar-refractivity contribution in [3.8, 4) is 0 Å². The molecule has 0 amide bonds. The lowest BCUT2D eigenvalue weighted by Crippen LogP contribution is -1.89. The van der Waals surface area contributed by atoms with E-state index in [2.05, 4.69) is 12.5 Å². The van der Waals surface area contributed by atoms with Gasteiger partial charge in [-0.05, 0) is 0 Å². The van der Waals surface area contributed by atoms with Crippen LogP contribution in [0.3, 0.4) is 0 Å². The van der Waals surface area contributed by atoms with Crippen LogP contribution in [0, 0.1) is 0 Å². The predicted octanol–water partition coefficient (Wildman–Crippen LogP) is -0.989. The normalized spacial score (nSPS) is 8.86. The summed E-state index contributed by atoms with van der Waals surface area (Å²) < 4.78 is 39.4. The van der Waals surface area contributed by atoms with E-state index in [0.717, 1.165) is 0 Å². The second-order valence-corrected chi connectivity index (χ2v) is 1.34. The Hall–Kier alpha value is -0.110. The second kappa shape index (κ2) is 4.06. The zero-order valence-corrected chi connectivity index (χ0v) is 4.57. The Bertz CT molecular complexity index is 100. The molecule has 0 fully saturated rings. The summed E-state index contributed by atoms with van der Waals surface area (Å²) in [4.78, 5) is 0. The van der Waals surface area contributed by atoms with Gasteiger partial charge in [0.05, 0.1) is 0 Å². The first kappa shape index (κ1) is 10.00. The summed E-state index contributed by atoms with van der Waals surface area (Å²) in [6.07, 6.45) is 0. The lowest BCUT2D eigenvalue weighted by Gasteiger charge is -1.68. The van der Waals surface area contributed by atoms with Gasteiger partial charge in [0.25, 0.3) is 0 Å².